The number of benzene rings is 1. The topological polar surface area (TPSA) is 84.5 Å². The van der Waals surface area contributed by atoms with Gasteiger partial charge in [-0.2, -0.15) is 0 Å². The first-order chi connectivity index (χ1) is 13.8. The van der Waals surface area contributed by atoms with Gasteiger partial charge in [-0.1, -0.05) is 23.7 Å². The number of nitrogens with one attached hydrogen (secondary N) is 2. The van der Waals surface area contributed by atoms with Gasteiger partial charge in [-0.3, -0.25) is 14.4 Å². The second-order valence-electron chi connectivity index (χ2n) is 8.98. The van der Waals surface area contributed by atoms with Gasteiger partial charge in [0.25, 0.3) is 5.91 Å². The fraction of sp³-hybridized carbons (Fsp3) is 0.591. The molecule has 4 aliphatic carbocycles. The van der Waals surface area contributed by atoms with E-state index >= 15 is 0 Å². The SMILES string of the molecule is CC(OC(=O)CNC(=O)C12CC3CC(CC(C3)C1)C2)C(=O)Nc1ccccc1Cl. The van der Waals surface area contributed by atoms with Crippen molar-refractivity contribution in [1.29, 1.82) is 0 Å². The van der Waals surface area contributed by atoms with Crippen molar-refractivity contribution < 1.29 is 19.1 Å². The molecule has 4 fully saturated rings. The highest BCUT2D eigenvalue weighted by Gasteiger charge is 2.54. The summed E-state index contributed by atoms with van der Waals surface area (Å²) in [5.41, 5.74) is 0.152. The van der Waals surface area contributed by atoms with E-state index in [-0.39, 0.29) is 17.9 Å². The lowest BCUT2D eigenvalue weighted by molar-refractivity contribution is -0.155. The summed E-state index contributed by atoms with van der Waals surface area (Å²) in [6, 6.07) is 6.83. The van der Waals surface area contributed by atoms with Crippen LogP contribution in [0.5, 0.6) is 0 Å². The molecular weight excluding hydrogens is 392 g/mol. The quantitative estimate of drug-likeness (QED) is 0.692. The molecule has 7 heteroatoms. The van der Waals surface area contributed by atoms with Crippen LogP contribution in [0, 0.1) is 23.2 Å². The number of esters is 1. The summed E-state index contributed by atoms with van der Waals surface area (Å²) in [5, 5.41) is 5.81. The Morgan fingerprint density at radius 3 is 2.28 bits per heavy atom. The first-order valence-corrected chi connectivity index (χ1v) is 10.8. The zero-order chi connectivity index (χ0) is 20.6. The molecule has 5 rings (SSSR count). The molecule has 1 unspecified atom stereocenters. The number of carbonyl (C=O) groups is 3. The number of carbonyl (C=O) groups excluding carboxylic acids is 3. The van der Waals surface area contributed by atoms with Gasteiger partial charge in [0.15, 0.2) is 6.10 Å². The minimum Gasteiger partial charge on any atom is -0.451 e. The second-order valence-corrected chi connectivity index (χ2v) is 9.39. The Balaban J connectivity index is 1.26. The van der Waals surface area contributed by atoms with Crippen LogP contribution in [0.3, 0.4) is 0 Å². The molecule has 4 saturated carbocycles. The third-order valence-corrected chi connectivity index (χ3v) is 7.05. The van der Waals surface area contributed by atoms with Crippen LogP contribution in [0.25, 0.3) is 0 Å². The van der Waals surface area contributed by atoms with Crippen LogP contribution in [-0.2, 0) is 19.1 Å². The number of amides is 2. The maximum absolute atomic E-state index is 12.9. The van der Waals surface area contributed by atoms with Crippen LogP contribution in [0.15, 0.2) is 24.3 Å². The van der Waals surface area contributed by atoms with Crippen LogP contribution >= 0.6 is 11.6 Å². The number of para-hydroxylation sites is 1. The number of hydrogen-bond donors (Lipinski definition) is 2. The molecule has 0 radical (unpaired) electrons. The average Bonchev–Trinajstić information content (AvgIpc) is 2.66. The van der Waals surface area contributed by atoms with Gasteiger partial charge in [-0.05, 0) is 75.3 Å². The van der Waals surface area contributed by atoms with Gasteiger partial charge in [0.05, 0.1) is 10.7 Å². The highest BCUT2D eigenvalue weighted by molar-refractivity contribution is 6.33. The van der Waals surface area contributed by atoms with E-state index in [1.165, 1.54) is 26.2 Å². The van der Waals surface area contributed by atoms with E-state index in [9.17, 15) is 14.4 Å². The first-order valence-electron chi connectivity index (χ1n) is 10.4. The fourth-order valence-corrected chi connectivity index (χ4v) is 6.00. The second kappa shape index (κ2) is 7.98. The summed E-state index contributed by atoms with van der Waals surface area (Å²) >= 11 is 6.02. The molecule has 2 N–H and O–H groups in total. The molecule has 2 amide bonds. The summed E-state index contributed by atoms with van der Waals surface area (Å²) in [7, 11) is 0. The van der Waals surface area contributed by atoms with Crippen molar-refractivity contribution >= 4 is 35.1 Å². The maximum Gasteiger partial charge on any atom is 0.326 e. The largest absolute Gasteiger partial charge is 0.451 e. The van der Waals surface area contributed by atoms with Gasteiger partial charge in [-0.15, -0.1) is 0 Å². The number of anilines is 1. The summed E-state index contributed by atoms with van der Waals surface area (Å²) < 4.78 is 5.18. The van der Waals surface area contributed by atoms with E-state index in [2.05, 4.69) is 10.6 Å². The molecule has 0 aromatic heterocycles. The van der Waals surface area contributed by atoms with Crippen LogP contribution in [-0.4, -0.2) is 30.4 Å². The molecular formula is C22H27ClN2O4. The number of ether oxygens (including phenoxy) is 1. The smallest absolute Gasteiger partial charge is 0.326 e. The lowest BCUT2D eigenvalue weighted by atomic mass is 9.49. The molecule has 156 valence electrons. The standard InChI is InChI=1S/C22H27ClN2O4/c1-13(20(27)25-18-5-3-2-4-17(18)23)29-19(26)12-24-21(28)22-9-14-6-15(10-22)8-16(7-14)11-22/h2-5,13-16H,6-12H2,1H3,(H,24,28)(H,25,27). The Hall–Kier alpha value is -2.08. The molecule has 0 aliphatic heterocycles. The summed E-state index contributed by atoms with van der Waals surface area (Å²) in [6.45, 7) is 1.27. The van der Waals surface area contributed by atoms with Crippen molar-refractivity contribution in [1.82, 2.24) is 5.32 Å². The summed E-state index contributed by atoms with van der Waals surface area (Å²) in [6.07, 6.45) is 5.60. The van der Waals surface area contributed by atoms with Crippen molar-refractivity contribution in [2.24, 2.45) is 23.2 Å². The maximum atomic E-state index is 12.9. The van der Waals surface area contributed by atoms with E-state index in [1.54, 1.807) is 24.3 Å². The number of rotatable bonds is 6. The normalized spacial score (nSPS) is 30.5. The van der Waals surface area contributed by atoms with Crippen molar-refractivity contribution in [2.45, 2.75) is 51.6 Å². The van der Waals surface area contributed by atoms with Crippen molar-refractivity contribution in [3.63, 3.8) is 0 Å². The molecule has 1 aromatic rings. The summed E-state index contributed by atoms with van der Waals surface area (Å²) in [4.78, 5) is 37.3. The van der Waals surface area contributed by atoms with Gasteiger partial charge in [-0.25, -0.2) is 0 Å². The first kappa shape index (κ1) is 20.2. The fourth-order valence-electron chi connectivity index (χ4n) is 5.82. The average molecular weight is 419 g/mol. The molecule has 4 bridgehead atoms. The van der Waals surface area contributed by atoms with Crippen molar-refractivity contribution in [3.8, 4) is 0 Å². The Morgan fingerprint density at radius 1 is 1.10 bits per heavy atom. The highest BCUT2D eigenvalue weighted by Crippen LogP contribution is 2.60. The van der Waals surface area contributed by atoms with E-state index in [1.807, 2.05) is 0 Å². The van der Waals surface area contributed by atoms with E-state index < -0.39 is 18.0 Å². The van der Waals surface area contributed by atoms with Gasteiger partial charge in [0, 0.05) is 5.41 Å². The molecule has 0 spiro atoms. The van der Waals surface area contributed by atoms with Crippen LogP contribution in [0.4, 0.5) is 5.69 Å². The summed E-state index contributed by atoms with van der Waals surface area (Å²) in [5.74, 6) is 0.859. The van der Waals surface area contributed by atoms with Crippen molar-refractivity contribution in [3.05, 3.63) is 29.3 Å². The Kier molecular flexibility index (Phi) is 5.56. The molecule has 4 aliphatic rings. The van der Waals surface area contributed by atoms with E-state index in [4.69, 9.17) is 16.3 Å². The van der Waals surface area contributed by atoms with E-state index in [0.29, 0.717) is 28.5 Å². The molecule has 1 atom stereocenters. The van der Waals surface area contributed by atoms with Gasteiger partial charge < -0.3 is 15.4 Å². The predicted octanol–water partition coefficient (Wildman–Crippen LogP) is 3.54. The molecule has 0 saturated heterocycles. The third-order valence-electron chi connectivity index (χ3n) is 6.72. The van der Waals surface area contributed by atoms with Gasteiger partial charge >= 0.3 is 5.97 Å². The zero-order valence-electron chi connectivity index (χ0n) is 16.6. The van der Waals surface area contributed by atoms with E-state index in [0.717, 1.165) is 19.3 Å². The number of halogens is 1. The number of hydrogen-bond acceptors (Lipinski definition) is 4. The Bertz CT molecular complexity index is 790. The highest BCUT2D eigenvalue weighted by atomic mass is 35.5. The third kappa shape index (κ3) is 4.27. The van der Waals surface area contributed by atoms with Crippen molar-refractivity contribution in [2.75, 3.05) is 11.9 Å². The molecule has 29 heavy (non-hydrogen) atoms. The van der Waals surface area contributed by atoms with Gasteiger partial charge in [0.2, 0.25) is 5.91 Å². The lowest BCUT2D eigenvalue weighted by Gasteiger charge is -2.55. The Labute approximate surface area is 175 Å². The molecule has 1 aromatic carbocycles. The lowest BCUT2D eigenvalue weighted by Crippen LogP contribution is -2.54. The minimum atomic E-state index is -0.991. The predicted molar refractivity (Wildman–Crippen MR) is 109 cm³/mol. The van der Waals surface area contributed by atoms with Crippen LogP contribution in [0.2, 0.25) is 5.02 Å². The van der Waals surface area contributed by atoms with Crippen LogP contribution in [0.1, 0.15) is 45.4 Å². The molecule has 0 heterocycles. The minimum absolute atomic E-state index is 0.0262. The van der Waals surface area contributed by atoms with Crippen LogP contribution < -0.4 is 10.6 Å². The Morgan fingerprint density at radius 2 is 1.69 bits per heavy atom. The monoisotopic (exact) mass is 418 g/mol. The molecule has 6 nitrogen and oxygen atoms in total. The zero-order valence-corrected chi connectivity index (χ0v) is 17.3. The van der Waals surface area contributed by atoms with Gasteiger partial charge in [0.1, 0.15) is 6.54 Å².